The topological polar surface area (TPSA) is 77.1 Å². The summed E-state index contributed by atoms with van der Waals surface area (Å²) >= 11 is 0. The van der Waals surface area contributed by atoms with Gasteiger partial charge in [0.1, 0.15) is 5.82 Å². The standard InChI is InChI=1S/C23H25FN2O5/c1-29-19-10-15(11-20(30-2)23(19)31-3)4-9-21(27)25-13-16-12-22(28)26(14-16)18-7-5-17(24)6-8-18/h4-11,16H,12-14H2,1-3H3,(H,25,27)/b9-4-. The summed E-state index contributed by atoms with van der Waals surface area (Å²) in [6.07, 6.45) is 3.38. The lowest BCUT2D eigenvalue weighted by atomic mass is 10.1. The van der Waals surface area contributed by atoms with Gasteiger partial charge in [-0.1, -0.05) is 0 Å². The number of carbonyl (C=O) groups is 2. The van der Waals surface area contributed by atoms with Crippen molar-refractivity contribution >= 4 is 23.6 Å². The Morgan fingerprint density at radius 3 is 2.35 bits per heavy atom. The summed E-state index contributed by atoms with van der Waals surface area (Å²) in [5.74, 6) is 0.775. The van der Waals surface area contributed by atoms with Crippen molar-refractivity contribution in [3.63, 3.8) is 0 Å². The molecule has 0 aromatic heterocycles. The second-order valence-corrected chi connectivity index (χ2v) is 7.09. The van der Waals surface area contributed by atoms with Crippen LogP contribution in [0.4, 0.5) is 10.1 Å². The number of benzene rings is 2. The van der Waals surface area contributed by atoms with Gasteiger partial charge in [-0.15, -0.1) is 0 Å². The van der Waals surface area contributed by atoms with Crippen LogP contribution in [0.3, 0.4) is 0 Å². The molecule has 164 valence electrons. The van der Waals surface area contributed by atoms with E-state index in [1.165, 1.54) is 39.5 Å². The van der Waals surface area contributed by atoms with Gasteiger partial charge in [-0.2, -0.15) is 0 Å². The summed E-state index contributed by atoms with van der Waals surface area (Å²) < 4.78 is 29.0. The molecule has 1 atom stereocenters. The molecule has 7 nitrogen and oxygen atoms in total. The third-order valence-corrected chi connectivity index (χ3v) is 5.02. The second-order valence-electron chi connectivity index (χ2n) is 7.09. The second kappa shape index (κ2) is 9.97. The Morgan fingerprint density at radius 2 is 1.77 bits per heavy atom. The molecule has 1 aliphatic rings. The minimum Gasteiger partial charge on any atom is -0.493 e. The molecule has 1 aliphatic heterocycles. The maximum atomic E-state index is 13.1. The minimum atomic E-state index is -0.349. The lowest BCUT2D eigenvalue weighted by Gasteiger charge is -2.16. The van der Waals surface area contributed by atoms with Crippen LogP contribution >= 0.6 is 0 Å². The molecule has 0 spiro atoms. The van der Waals surface area contributed by atoms with Crippen LogP contribution < -0.4 is 24.4 Å². The molecule has 2 aromatic carbocycles. The fourth-order valence-corrected chi connectivity index (χ4v) is 3.46. The zero-order chi connectivity index (χ0) is 22.4. The number of ether oxygens (including phenoxy) is 3. The molecular weight excluding hydrogens is 403 g/mol. The van der Waals surface area contributed by atoms with Crippen LogP contribution in [-0.2, 0) is 9.59 Å². The first-order valence-electron chi connectivity index (χ1n) is 9.77. The molecule has 1 fully saturated rings. The SMILES string of the molecule is COc1cc(/C=C\C(=O)NCC2CC(=O)N(c3ccc(F)cc3)C2)cc(OC)c1OC. The van der Waals surface area contributed by atoms with E-state index in [9.17, 15) is 14.0 Å². The van der Waals surface area contributed by atoms with Gasteiger partial charge in [-0.25, -0.2) is 4.39 Å². The van der Waals surface area contributed by atoms with Crippen molar-refractivity contribution in [2.45, 2.75) is 6.42 Å². The number of nitrogens with zero attached hydrogens (tertiary/aromatic N) is 1. The average molecular weight is 428 g/mol. The number of anilines is 1. The fourth-order valence-electron chi connectivity index (χ4n) is 3.46. The highest BCUT2D eigenvalue weighted by Gasteiger charge is 2.30. The van der Waals surface area contributed by atoms with Gasteiger partial charge in [0.25, 0.3) is 0 Å². The molecule has 1 heterocycles. The van der Waals surface area contributed by atoms with Gasteiger partial charge < -0.3 is 24.4 Å². The molecule has 3 rings (SSSR count). The molecule has 0 radical (unpaired) electrons. The zero-order valence-corrected chi connectivity index (χ0v) is 17.7. The highest BCUT2D eigenvalue weighted by Crippen LogP contribution is 2.38. The van der Waals surface area contributed by atoms with E-state index >= 15 is 0 Å². The number of hydrogen-bond acceptors (Lipinski definition) is 5. The summed E-state index contributed by atoms with van der Waals surface area (Å²) in [6, 6.07) is 9.28. The minimum absolute atomic E-state index is 0.0175. The average Bonchev–Trinajstić information content (AvgIpc) is 3.16. The third kappa shape index (κ3) is 5.33. The van der Waals surface area contributed by atoms with Crippen molar-refractivity contribution < 1.29 is 28.2 Å². The fraction of sp³-hybridized carbons (Fsp3) is 0.304. The number of amides is 2. The summed E-state index contributed by atoms with van der Waals surface area (Å²) in [4.78, 5) is 26.1. The van der Waals surface area contributed by atoms with E-state index in [2.05, 4.69) is 5.32 Å². The van der Waals surface area contributed by atoms with E-state index in [1.54, 1.807) is 35.2 Å². The molecule has 0 aliphatic carbocycles. The highest BCUT2D eigenvalue weighted by molar-refractivity contribution is 5.96. The van der Waals surface area contributed by atoms with Crippen LogP contribution in [-0.4, -0.2) is 46.2 Å². The Morgan fingerprint density at radius 1 is 1.13 bits per heavy atom. The predicted octanol–water partition coefficient (Wildman–Crippen LogP) is 3.03. The van der Waals surface area contributed by atoms with Crippen molar-refractivity contribution in [3.05, 3.63) is 53.9 Å². The number of nitrogens with one attached hydrogen (secondary N) is 1. The van der Waals surface area contributed by atoms with Crippen molar-refractivity contribution in [1.82, 2.24) is 5.32 Å². The Bertz CT molecular complexity index is 949. The molecule has 1 N–H and O–H groups in total. The lowest BCUT2D eigenvalue weighted by Crippen LogP contribution is -2.30. The van der Waals surface area contributed by atoms with Gasteiger partial charge in [-0.3, -0.25) is 9.59 Å². The summed E-state index contributed by atoms with van der Waals surface area (Å²) in [6.45, 7) is 0.837. The smallest absolute Gasteiger partial charge is 0.244 e. The lowest BCUT2D eigenvalue weighted by molar-refractivity contribution is -0.118. The van der Waals surface area contributed by atoms with E-state index in [0.29, 0.717) is 48.0 Å². The highest BCUT2D eigenvalue weighted by atomic mass is 19.1. The Kier molecular flexibility index (Phi) is 7.12. The zero-order valence-electron chi connectivity index (χ0n) is 17.7. The van der Waals surface area contributed by atoms with Crippen molar-refractivity contribution in [2.24, 2.45) is 5.92 Å². The number of carbonyl (C=O) groups excluding carboxylic acids is 2. The number of methoxy groups -OCH3 is 3. The molecule has 0 saturated carbocycles. The number of halogens is 1. The number of hydrogen-bond donors (Lipinski definition) is 1. The van der Waals surface area contributed by atoms with E-state index in [-0.39, 0.29) is 23.5 Å². The van der Waals surface area contributed by atoms with E-state index in [4.69, 9.17) is 14.2 Å². The van der Waals surface area contributed by atoms with E-state index in [1.807, 2.05) is 0 Å². The van der Waals surface area contributed by atoms with Crippen LogP contribution in [0.25, 0.3) is 6.08 Å². The van der Waals surface area contributed by atoms with Crippen LogP contribution in [0.1, 0.15) is 12.0 Å². The monoisotopic (exact) mass is 428 g/mol. The van der Waals surface area contributed by atoms with Crippen LogP contribution in [0.5, 0.6) is 17.2 Å². The van der Waals surface area contributed by atoms with Gasteiger partial charge in [0.05, 0.1) is 21.3 Å². The van der Waals surface area contributed by atoms with Crippen LogP contribution in [0.2, 0.25) is 0 Å². The first kappa shape index (κ1) is 22.1. The van der Waals surface area contributed by atoms with E-state index < -0.39 is 0 Å². The van der Waals surface area contributed by atoms with Crippen molar-refractivity contribution in [3.8, 4) is 17.2 Å². The van der Waals surface area contributed by atoms with Crippen molar-refractivity contribution in [2.75, 3.05) is 39.3 Å². The Hall–Kier alpha value is -3.55. The maximum absolute atomic E-state index is 13.1. The Labute approximate surface area is 180 Å². The molecular formula is C23H25FN2O5. The largest absolute Gasteiger partial charge is 0.493 e. The molecule has 2 aromatic rings. The van der Waals surface area contributed by atoms with Gasteiger partial charge in [0, 0.05) is 37.2 Å². The van der Waals surface area contributed by atoms with Gasteiger partial charge in [0.15, 0.2) is 11.5 Å². The molecule has 1 saturated heterocycles. The predicted molar refractivity (Wildman–Crippen MR) is 115 cm³/mol. The molecule has 1 unspecified atom stereocenters. The number of rotatable bonds is 8. The van der Waals surface area contributed by atoms with E-state index in [0.717, 1.165) is 0 Å². The van der Waals surface area contributed by atoms with Crippen LogP contribution in [0, 0.1) is 11.7 Å². The Balaban J connectivity index is 1.57. The maximum Gasteiger partial charge on any atom is 0.244 e. The van der Waals surface area contributed by atoms with Gasteiger partial charge in [-0.05, 0) is 48.0 Å². The van der Waals surface area contributed by atoms with Crippen molar-refractivity contribution in [1.29, 1.82) is 0 Å². The molecule has 8 heteroatoms. The summed E-state index contributed by atoms with van der Waals surface area (Å²) in [5.41, 5.74) is 1.37. The van der Waals surface area contributed by atoms with Gasteiger partial charge >= 0.3 is 0 Å². The first-order chi connectivity index (χ1) is 14.9. The molecule has 31 heavy (non-hydrogen) atoms. The first-order valence-corrected chi connectivity index (χ1v) is 9.77. The quantitative estimate of drug-likeness (QED) is 0.654. The van der Waals surface area contributed by atoms with Crippen LogP contribution in [0.15, 0.2) is 42.5 Å². The molecule has 2 amide bonds. The van der Waals surface area contributed by atoms with Gasteiger partial charge in [0.2, 0.25) is 17.6 Å². The summed E-state index contributed by atoms with van der Waals surface area (Å²) in [7, 11) is 4.57. The summed E-state index contributed by atoms with van der Waals surface area (Å²) in [5, 5.41) is 2.82. The molecule has 0 bridgehead atoms. The third-order valence-electron chi connectivity index (χ3n) is 5.02. The normalized spacial score (nSPS) is 15.9.